The number of carbonyl (C=O) groups is 1. The highest BCUT2D eigenvalue weighted by Gasteiger charge is 1.87. The summed E-state index contributed by atoms with van der Waals surface area (Å²) in [5.74, 6) is 0. The smallest absolute Gasteiger partial charge is 0.125 e. The second-order valence-corrected chi connectivity index (χ2v) is 3.06. The Bertz CT molecular complexity index is 383. The maximum absolute atomic E-state index is 9.82. The van der Waals surface area contributed by atoms with E-state index in [2.05, 4.69) is 33.1 Å². The van der Waals surface area contributed by atoms with Crippen LogP contribution in [0.15, 0.2) is 38.2 Å². The van der Waals surface area contributed by atoms with Gasteiger partial charge in [-0.1, -0.05) is 0 Å². The fraction of sp³-hybridized carbons (Fsp3) is 0.250. The van der Waals surface area contributed by atoms with Crippen LogP contribution in [0.4, 0.5) is 0 Å². The van der Waals surface area contributed by atoms with Crippen molar-refractivity contribution in [3.05, 3.63) is 49.6 Å². The summed E-state index contributed by atoms with van der Waals surface area (Å²) >= 11 is 0. The largest absolute Gasteiger partial charge is 0.348 e. The molecule has 0 unspecified atom stereocenters. The summed E-state index contributed by atoms with van der Waals surface area (Å²) in [4.78, 5) is 23.1. The molecule has 2 rings (SSSR count). The third-order valence-electron chi connectivity index (χ3n) is 1.83. The molecule has 0 atom stereocenters. The Hall–Kier alpha value is -2.21. The number of carbonyl (C=O) groups excluding carboxylic acids is 1. The molecule has 4 N–H and O–H groups in total. The summed E-state index contributed by atoms with van der Waals surface area (Å²) in [5, 5.41) is 0. The number of aromatic nitrogens is 4. The molecule has 0 fully saturated rings. The van der Waals surface area contributed by atoms with Crippen LogP contribution in [0, 0.1) is 0 Å². The monoisotopic (exact) mass is 249 g/mol. The molecular weight excluding hydrogens is 230 g/mol. The molecule has 0 aliphatic carbocycles. The molecule has 0 amide bonds. The molecule has 6 heteroatoms. The van der Waals surface area contributed by atoms with E-state index in [1.807, 2.05) is 0 Å². The molecule has 0 bridgehead atoms. The number of hydrogen-bond donors (Lipinski definition) is 3. The van der Waals surface area contributed by atoms with E-state index in [0.717, 1.165) is 24.1 Å². The minimum absolute atomic E-state index is 0.431. The lowest BCUT2D eigenvalue weighted by Gasteiger charge is -1.86. The first-order valence-corrected chi connectivity index (χ1v) is 5.45. The van der Waals surface area contributed by atoms with E-state index in [0.29, 0.717) is 13.0 Å². The number of imidazole rings is 2. The van der Waals surface area contributed by atoms with Gasteiger partial charge in [0.05, 0.1) is 12.7 Å². The molecule has 0 saturated carbocycles. The van der Waals surface area contributed by atoms with Gasteiger partial charge in [-0.2, -0.15) is 0 Å². The summed E-state index contributed by atoms with van der Waals surface area (Å²) in [7, 11) is 0. The SMILES string of the molecule is C=C.NCCc1cnc[nH]1.O=CCc1cnc[nH]1. The molecular formula is C12H19N5O. The lowest BCUT2D eigenvalue weighted by atomic mass is 10.3. The van der Waals surface area contributed by atoms with Crippen LogP contribution in [0.2, 0.25) is 0 Å². The summed E-state index contributed by atoms with van der Waals surface area (Å²) in [6, 6.07) is 0. The van der Waals surface area contributed by atoms with Gasteiger partial charge in [-0.15, -0.1) is 13.2 Å². The Morgan fingerprint density at radius 2 is 1.72 bits per heavy atom. The van der Waals surface area contributed by atoms with Crippen molar-refractivity contribution >= 4 is 6.29 Å². The van der Waals surface area contributed by atoms with Crippen molar-refractivity contribution in [3.8, 4) is 0 Å². The molecule has 0 aliphatic rings. The highest BCUT2D eigenvalue weighted by atomic mass is 16.1. The van der Waals surface area contributed by atoms with Crippen LogP contribution in [0.3, 0.4) is 0 Å². The van der Waals surface area contributed by atoms with Crippen LogP contribution < -0.4 is 5.73 Å². The van der Waals surface area contributed by atoms with Crippen LogP contribution >= 0.6 is 0 Å². The quantitative estimate of drug-likeness (QED) is 0.552. The normalized spacial score (nSPS) is 8.50. The molecule has 2 aromatic heterocycles. The second kappa shape index (κ2) is 11.3. The van der Waals surface area contributed by atoms with E-state index in [9.17, 15) is 4.79 Å². The lowest BCUT2D eigenvalue weighted by molar-refractivity contribution is -0.107. The number of rotatable bonds is 4. The third kappa shape index (κ3) is 7.13. The number of aldehydes is 1. The van der Waals surface area contributed by atoms with Gasteiger partial charge in [-0.25, -0.2) is 9.97 Å². The zero-order chi connectivity index (χ0) is 13.6. The minimum Gasteiger partial charge on any atom is -0.348 e. The summed E-state index contributed by atoms with van der Waals surface area (Å²) in [5.41, 5.74) is 7.24. The van der Waals surface area contributed by atoms with Gasteiger partial charge in [0.1, 0.15) is 6.29 Å². The Kier molecular flexibility index (Phi) is 9.90. The number of hydrogen-bond acceptors (Lipinski definition) is 4. The van der Waals surface area contributed by atoms with Crippen molar-refractivity contribution in [2.45, 2.75) is 12.8 Å². The number of nitrogens with two attached hydrogens (primary N) is 1. The highest BCUT2D eigenvalue weighted by Crippen LogP contribution is 1.88. The standard InChI is InChI=1S/C5H9N3.C5H6N2O.C2H4/c6-2-1-5-3-7-4-8-5;8-2-1-5-3-6-4-7-5;1-2/h3-4H,1-2,6H2,(H,7,8);2-4H,1H2,(H,6,7);1-2H2. The van der Waals surface area contributed by atoms with Gasteiger partial charge in [-0.3, -0.25) is 0 Å². The predicted molar refractivity (Wildman–Crippen MR) is 71.0 cm³/mol. The first-order valence-electron chi connectivity index (χ1n) is 5.45. The first-order chi connectivity index (χ1) is 8.86. The molecule has 0 aliphatic heterocycles. The topological polar surface area (TPSA) is 100 Å². The van der Waals surface area contributed by atoms with Crippen molar-refractivity contribution < 1.29 is 4.79 Å². The summed E-state index contributed by atoms with van der Waals surface area (Å²) < 4.78 is 0. The van der Waals surface area contributed by atoms with E-state index in [1.165, 1.54) is 0 Å². The maximum atomic E-state index is 9.82. The van der Waals surface area contributed by atoms with Crippen molar-refractivity contribution in [2.75, 3.05) is 6.54 Å². The molecule has 0 radical (unpaired) electrons. The average molecular weight is 249 g/mol. The molecule has 0 saturated heterocycles. The Morgan fingerprint density at radius 1 is 1.17 bits per heavy atom. The van der Waals surface area contributed by atoms with Gasteiger partial charge in [0.2, 0.25) is 0 Å². The molecule has 0 spiro atoms. The van der Waals surface area contributed by atoms with Gasteiger partial charge in [-0.05, 0) is 6.54 Å². The molecule has 18 heavy (non-hydrogen) atoms. The fourth-order valence-corrected chi connectivity index (χ4v) is 1.06. The Labute approximate surface area is 106 Å². The fourth-order valence-electron chi connectivity index (χ4n) is 1.06. The van der Waals surface area contributed by atoms with Crippen LogP contribution in [0.5, 0.6) is 0 Å². The van der Waals surface area contributed by atoms with Crippen LogP contribution in [0.1, 0.15) is 11.4 Å². The average Bonchev–Trinajstić information content (AvgIpc) is 3.07. The van der Waals surface area contributed by atoms with E-state index in [-0.39, 0.29) is 0 Å². The van der Waals surface area contributed by atoms with E-state index >= 15 is 0 Å². The Morgan fingerprint density at radius 3 is 2.11 bits per heavy atom. The molecule has 0 aromatic carbocycles. The number of nitrogens with one attached hydrogen (secondary N) is 2. The second-order valence-electron chi connectivity index (χ2n) is 3.06. The molecule has 2 aromatic rings. The van der Waals surface area contributed by atoms with Gasteiger partial charge in [0.25, 0.3) is 0 Å². The molecule has 98 valence electrons. The molecule has 2 heterocycles. The van der Waals surface area contributed by atoms with E-state index in [1.54, 1.807) is 25.0 Å². The van der Waals surface area contributed by atoms with Crippen LogP contribution in [-0.4, -0.2) is 32.8 Å². The van der Waals surface area contributed by atoms with E-state index < -0.39 is 0 Å². The van der Waals surface area contributed by atoms with Crippen LogP contribution in [0.25, 0.3) is 0 Å². The summed E-state index contributed by atoms with van der Waals surface area (Å²) in [6.45, 7) is 6.68. The minimum atomic E-state index is 0.431. The van der Waals surface area contributed by atoms with Crippen molar-refractivity contribution in [1.82, 2.24) is 19.9 Å². The van der Waals surface area contributed by atoms with Gasteiger partial charge >= 0.3 is 0 Å². The number of H-pyrrole nitrogens is 2. The predicted octanol–water partition coefficient (Wildman–Crippen LogP) is 0.864. The van der Waals surface area contributed by atoms with Crippen molar-refractivity contribution in [3.63, 3.8) is 0 Å². The Balaban J connectivity index is 0.000000283. The number of aromatic amines is 2. The zero-order valence-corrected chi connectivity index (χ0v) is 10.3. The lowest BCUT2D eigenvalue weighted by Crippen LogP contribution is -2.02. The van der Waals surface area contributed by atoms with Crippen molar-refractivity contribution in [2.24, 2.45) is 5.73 Å². The van der Waals surface area contributed by atoms with Gasteiger partial charge < -0.3 is 20.5 Å². The summed E-state index contributed by atoms with van der Waals surface area (Å²) in [6.07, 6.45) is 8.79. The highest BCUT2D eigenvalue weighted by molar-refractivity contribution is 5.53. The maximum Gasteiger partial charge on any atom is 0.125 e. The van der Waals surface area contributed by atoms with Gasteiger partial charge in [0.15, 0.2) is 0 Å². The molecule has 6 nitrogen and oxygen atoms in total. The first kappa shape index (κ1) is 15.8. The van der Waals surface area contributed by atoms with Crippen LogP contribution in [-0.2, 0) is 17.6 Å². The zero-order valence-electron chi connectivity index (χ0n) is 10.3. The van der Waals surface area contributed by atoms with Crippen molar-refractivity contribution in [1.29, 1.82) is 0 Å². The van der Waals surface area contributed by atoms with Gasteiger partial charge in [0, 0.05) is 36.6 Å². The van der Waals surface area contributed by atoms with E-state index in [4.69, 9.17) is 5.73 Å². The third-order valence-corrected chi connectivity index (χ3v) is 1.83. The number of nitrogens with zero attached hydrogens (tertiary/aromatic N) is 2.